The van der Waals surface area contributed by atoms with Crippen LogP contribution in [0.4, 0.5) is 5.69 Å². The van der Waals surface area contributed by atoms with Gasteiger partial charge in [-0.1, -0.05) is 24.3 Å². The van der Waals surface area contributed by atoms with E-state index in [0.717, 1.165) is 16.1 Å². The maximum absolute atomic E-state index is 12.1. The first-order valence-corrected chi connectivity index (χ1v) is 8.29. The third-order valence-corrected chi connectivity index (χ3v) is 4.61. The Kier molecular flexibility index (Phi) is 4.52. The third-order valence-electron chi connectivity index (χ3n) is 3.71. The molecule has 0 bridgehead atoms. The Hall–Kier alpha value is -2.47. The largest absolute Gasteiger partial charge is 0.325 e. The molecule has 3 rings (SSSR count). The SMILES string of the molecule is O=C(CCN1C(=O)CCC1=O)Nc1ccccc1-c1cccs1. The molecular formula is C17H16N2O3S. The lowest BCUT2D eigenvalue weighted by Gasteiger charge is -2.14. The van der Waals surface area contributed by atoms with Gasteiger partial charge in [-0.15, -0.1) is 11.3 Å². The molecule has 1 aromatic heterocycles. The molecular weight excluding hydrogens is 312 g/mol. The van der Waals surface area contributed by atoms with Gasteiger partial charge in [-0.2, -0.15) is 0 Å². The van der Waals surface area contributed by atoms with Crippen LogP contribution >= 0.6 is 11.3 Å². The molecule has 0 radical (unpaired) electrons. The average Bonchev–Trinajstić information content (AvgIpc) is 3.17. The number of likely N-dealkylation sites (tertiary alicyclic amines) is 1. The minimum Gasteiger partial charge on any atom is -0.325 e. The van der Waals surface area contributed by atoms with E-state index in [1.165, 1.54) is 4.90 Å². The summed E-state index contributed by atoms with van der Waals surface area (Å²) in [5, 5.41) is 4.86. The molecule has 1 aliphatic heterocycles. The predicted octanol–water partition coefficient (Wildman–Crippen LogP) is 2.89. The van der Waals surface area contributed by atoms with Crippen molar-refractivity contribution < 1.29 is 14.4 Å². The maximum atomic E-state index is 12.1. The first-order valence-electron chi connectivity index (χ1n) is 7.41. The second kappa shape index (κ2) is 6.75. The number of nitrogens with zero attached hydrogens (tertiary/aromatic N) is 1. The second-order valence-corrected chi connectivity index (χ2v) is 6.21. The zero-order valence-electron chi connectivity index (χ0n) is 12.5. The predicted molar refractivity (Wildman–Crippen MR) is 89.0 cm³/mol. The number of hydrogen-bond donors (Lipinski definition) is 1. The molecule has 1 aromatic carbocycles. The van der Waals surface area contributed by atoms with Gasteiger partial charge in [0.2, 0.25) is 17.7 Å². The lowest BCUT2D eigenvalue weighted by Crippen LogP contribution is -2.32. The molecule has 0 atom stereocenters. The van der Waals surface area contributed by atoms with Crippen LogP contribution in [0, 0.1) is 0 Å². The number of carbonyl (C=O) groups excluding carboxylic acids is 3. The van der Waals surface area contributed by atoms with Gasteiger partial charge in [0.1, 0.15) is 0 Å². The van der Waals surface area contributed by atoms with Gasteiger partial charge in [0.15, 0.2) is 0 Å². The van der Waals surface area contributed by atoms with Crippen molar-refractivity contribution in [3.8, 4) is 10.4 Å². The first-order chi connectivity index (χ1) is 11.1. The van der Waals surface area contributed by atoms with Crippen LogP contribution in [-0.2, 0) is 14.4 Å². The summed E-state index contributed by atoms with van der Waals surface area (Å²) < 4.78 is 0. The Morgan fingerprint density at radius 3 is 2.52 bits per heavy atom. The number of hydrogen-bond acceptors (Lipinski definition) is 4. The van der Waals surface area contributed by atoms with Crippen LogP contribution < -0.4 is 5.32 Å². The van der Waals surface area contributed by atoms with Crippen LogP contribution in [-0.4, -0.2) is 29.2 Å². The van der Waals surface area contributed by atoms with Gasteiger partial charge in [0.25, 0.3) is 0 Å². The third kappa shape index (κ3) is 3.48. The normalized spacial score (nSPS) is 14.3. The van der Waals surface area contributed by atoms with Gasteiger partial charge in [-0.25, -0.2) is 0 Å². The molecule has 0 spiro atoms. The van der Waals surface area contributed by atoms with Crippen molar-refractivity contribution in [2.45, 2.75) is 19.3 Å². The molecule has 3 amide bonds. The van der Waals surface area contributed by atoms with Crippen LogP contribution in [0.1, 0.15) is 19.3 Å². The fourth-order valence-electron chi connectivity index (χ4n) is 2.54. The van der Waals surface area contributed by atoms with Gasteiger partial charge >= 0.3 is 0 Å². The van der Waals surface area contributed by atoms with Crippen molar-refractivity contribution in [1.29, 1.82) is 0 Å². The van der Waals surface area contributed by atoms with Crippen molar-refractivity contribution in [1.82, 2.24) is 4.90 Å². The van der Waals surface area contributed by atoms with E-state index in [1.54, 1.807) is 11.3 Å². The van der Waals surface area contributed by atoms with Crippen molar-refractivity contribution in [2.24, 2.45) is 0 Å². The molecule has 1 N–H and O–H groups in total. The van der Waals surface area contributed by atoms with Crippen LogP contribution in [0.3, 0.4) is 0 Å². The fraction of sp³-hybridized carbons (Fsp3) is 0.235. The van der Waals surface area contributed by atoms with Gasteiger partial charge < -0.3 is 5.32 Å². The summed E-state index contributed by atoms with van der Waals surface area (Å²) >= 11 is 1.60. The standard InChI is InChI=1S/C17H16N2O3S/c20-15(9-10-19-16(21)7-8-17(19)22)18-13-5-2-1-4-12(13)14-6-3-11-23-14/h1-6,11H,7-10H2,(H,18,20). The number of nitrogens with one attached hydrogen (secondary N) is 1. The highest BCUT2D eigenvalue weighted by atomic mass is 32.1. The fourth-order valence-corrected chi connectivity index (χ4v) is 3.30. The van der Waals surface area contributed by atoms with Gasteiger partial charge in [-0.05, 0) is 17.5 Å². The van der Waals surface area contributed by atoms with Gasteiger partial charge in [-0.3, -0.25) is 19.3 Å². The van der Waals surface area contributed by atoms with Crippen molar-refractivity contribution >= 4 is 34.7 Å². The summed E-state index contributed by atoms with van der Waals surface area (Å²) in [6.07, 6.45) is 0.611. The van der Waals surface area contributed by atoms with Crippen molar-refractivity contribution in [2.75, 3.05) is 11.9 Å². The Morgan fingerprint density at radius 1 is 1.09 bits per heavy atom. The maximum Gasteiger partial charge on any atom is 0.229 e. The summed E-state index contributed by atoms with van der Waals surface area (Å²) in [6.45, 7) is 0.144. The number of thiophene rings is 1. The van der Waals surface area contributed by atoms with E-state index in [-0.39, 0.29) is 43.5 Å². The summed E-state index contributed by atoms with van der Waals surface area (Å²) in [6, 6.07) is 11.5. The highest BCUT2D eigenvalue weighted by Gasteiger charge is 2.28. The number of imide groups is 1. The molecule has 0 unspecified atom stereocenters. The molecule has 2 heterocycles. The van der Waals surface area contributed by atoms with E-state index in [0.29, 0.717) is 0 Å². The van der Waals surface area contributed by atoms with E-state index < -0.39 is 0 Å². The number of para-hydroxylation sites is 1. The van der Waals surface area contributed by atoms with Gasteiger partial charge in [0, 0.05) is 41.9 Å². The Balaban J connectivity index is 1.65. The Labute approximate surface area is 137 Å². The number of benzene rings is 1. The Morgan fingerprint density at radius 2 is 1.83 bits per heavy atom. The second-order valence-electron chi connectivity index (χ2n) is 5.26. The summed E-state index contributed by atoms with van der Waals surface area (Å²) in [5.41, 5.74) is 1.70. The first kappa shape index (κ1) is 15.4. The quantitative estimate of drug-likeness (QED) is 0.858. The average molecular weight is 328 g/mol. The molecule has 1 saturated heterocycles. The van der Waals surface area contributed by atoms with E-state index in [9.17, 15) is 14.4 Å². The molecule has 1 aliphatic rings. The lowest BCUT2D eigenvalue weighted by atomic mass is 10.1. The van der Waals surface area contributed by atoms with E-state index in [1.807, 2.05) is 41.8 Å². The molecule has 0 saturated carbocycles. The molecule has 0 aliphatic carbocycles. The molecule has 2 aromatic rings. The Bertz CT molecular complexity index is 724. The zero-order chi connectivity index (χ0) is 16.2. The number of amides is 3. The van der Waals surface area contributed by atoms with Crippen LogP contribution in [0.25, 0.3) is 10.4 Å². The highest BCUT2D eigenvalue weighted by molar-refractivity contribution is 7.13. The van der Waals surface area contributed by atoms with E-state index >= 15 is 0 Å². The van der Waals surface area contributed by atoms with Crippen LogP contribution in [0.2, 0.25) is 0 Å². The topological polar surface area (TPSA) is 66.5 Å². The summed E-state index contributed by atoms with van der Waals surface area (Å²) in [7, 11) is 0. The number of anilines is 1. The van der Waals surface area contributed by atoms with Crippen molar-refractivity contribution in [3.05, 3.63) is 41.8 Å². The van der Waals surface area contributed by atoms with Gasteiger partial charge in [0.05, 0.1) is 0 Å². The minimum absolute atomic E-state index is 0.107. The summed E-state index contributed by atoms with van der Waals surface area (Å²) in [5.74, 6) is -0.593. The molecule has 5 nitrogen and oxygen atoms in total. The van der Waals surface area contributed by atoms with Crippen LogP contribution in [0.15, 0.2) is 41.8 Å². The minimum atomic E-state index is -0.207. The highest BCUT2D eigenvalue weighted by Crippen LogP contribution is 2.31. The molecule has 118 valence electrons. The smallest absolute Gasteiger partial charge is 0.229 e. The number of carbonyl (C=O) groups is 3. The van der Waals surface area contributed by atoms with E-state index in [2.05, 4.69) is 5.32 Å². The van der Waals surface area contributed by atoms with E-state index in [4.69, 9.17) is 0 Å². The molecule has 6 heteroatoms. The lowest BCUT2D eigenvalue weighted by molar-refractivity contribution is -0.138. The molecule has 23 heavy (non-hydrogen) atoms. The summed E-state index contributed by atoms with van der Waals surface area (Å²) in [4.78, 5) is 37.5. The number of rotatable bonds is 5. The molecule has 1 fully saturated rings. The zero-order valence-corrected chi connectivity index (χ0v) is 13.3. The van der Waals surface area contributed by atoms with Crippen molar-refractivity contribution in [3.63, 3.8) is 0 Å². The van der Waals surface area contributed by atoms with Crippen LogP contribution in [0.5, 0.6) is 0 Å². The monoisotopic (exact) mass is 328 g/mol.